The van der Waals surface area contributed by atoms with Crippen molar-refractivity contribution in [2.45, 2.75) is 25.7 Å². The Bertz CT molecular complexity index is 699. The summed E-state index contributed by atoms with van der Waals surface area (Å²) in [7, 11) is 0. The summed E-state index contributed by atoms with van der Waals surface area (Å²) in [4.78, 5) is 12.2. The smallest absolute Gasteiger partial charge is 0.255 e. The number of aryl methyl sites for hydroxylation is 2. The number of carbonyl (C=O) groups excluding carboxylic acids is 1. The van der Waals surface area contributed by atoms with Gasteiger partial charge in [0.15, 0.2) is 0 Å². The molecule has 0 aromatic heterocycles. The van der Waals surface area contributed by atoms with Crippen LogP contribution >= 0.6 is 11.6 Å². The summed E-state index contributed by atoms with van der Waals surface area (Å²) in [5, 5.41) is 2.74. The zero-order chi connectivity index (χ0) is 14.8. The summed E-state index contributed by atoms with van der Waals surface area (Å²) >= 11 is 5.71. The van der Waals surface area contributed by atoms with Crippen molar-refractivity contribution in [3.05, 3.63) is 63.9 Å². The molecule has 0 fully saturated rings. The molecule has 0 heterocycles. The summed E-state index contributed by atoms with van der Waals surface area (Å²) in [6, 6.07) is 9.97. The Kier molecular flexibility index (Phi) is 3.93. The highest BCUT2D eigenvalue weighted by Crippen LogP contribution is 2.23. The Labute approximate surface area is 127 Å². The molecule has 2 aromatic rings. The molecule has 0 saturated carbocycles. The molecule has 1 aliphatic rings. The third-order valence-corrected chi connectivity index (χ3v) is 4.08. The lowest BCUT2D eigenvalue weighted by Gasteiger charge is -2.16. The van der Waals surface area contributed by atoms with Gasteiger partial charge in [0, 0.05) is 11.3 Å². The van der Waals surface area contributed by atoms with E-state index in [4.69, 9.17) is 11.6 Å². The number of amides is 1. The van der Waals surface area contributed by atoms with Crippen LogP contribution in [0.5, 0.6) is 0 Å². The predicted molar refractivity (Wildman–Crippen MR) is 82.4 cm³/mol. The normalized spacial score (nSPS) is 13.6. The molecule has 0 radical (unpaired) electrons. The topological polar surface area (TPSA) is 29.1 Å². The van der Waals surface area contributed by atoms with Crippen LogP contribution in [0.1, 0.15) is 34.3 Å². The maximum absolute atomic E-state index is 13.1. The molecule has 2 aromatic carbocycles. The van der Waals surface area contributed by atoms with Gasteiger partial charge in [0.25, 0.3) is 5.91 Å². The molecular formula is C17H15ClFNO. The molecule has 1 aliphatic carbocycles. The van der Waals surface area contributed by atoms with Crippen LogP contribution in [0, 0.1) is 5.82 Å². The molecular weight excluding hydrogens is 289 g/mol. The maximum Gasteiger partial charge on any atom is 0.255 e. The van der Waals surface area contributed by atoms with Gasteiger partial charge >= 0.3 is 0 Å². The first-order valence-corrected chi connectivity index (χ1v) is 7.39. The van der Waals surface area contributed by atoms with E-state index in [1.54, 1.807) is 0 Å². The molecule has 0 bridgehead atoms. The Morgan fingerprint density at radius 3 is 2.57 bits per heavy atom. The van der Waals surface area contributed by atoms with Crippen LogP contribution in [0.25, 0.3) is 0 Å². The van der Waals surface area contributed by atoms with Crippen molar-refractivity contribution in [3.8, 4) is 0 Å². The van der Waals surface area contributed by atoms with E-state index in [0.717, 1.165) is 12.8 Å². The Hall–Kier alpha value is -1.87. The van der Waals surface area contributed by atoms with Crippen LogP contribution in [-0.2, 0) is 12.8 Å². The van der Waals surface area contributed by atoms with Crippen molar-refractivity contribution >= 4 is 23.2 Å². The fourth-order valence-corrected chi connectivity index (χ4v) is 2.83. The molecule has 21 heavy (non-hydrogen) atoms. The highest BCUT2D eigenvalue weighted by Gasteiger charge is 2.13. The monoisotopic (exact) mass is 303 g/mol. The first-order chi connectivity index (χ1) is 10.1. The van der Waals surface area contributed by atoms with Crippen LogP contribution in [0.2, 0.25) is 5.02 Å². The van der Waals surface area contributed by atoms with Crippen molar-refractivity contribution in [2.75, 3.05) is 5.32 Å². The summed E-state index contributed by atoms with van der Waals surface area (Å²) in [5.41, 5.74) is 3.70. The van der Waals surface area contributed by atoms with Gasteiger partial charge in [-0.25, -0.2) is 4.39 Å². The van der Waals surface area contributed by atoms with E-state index in [0.29, 0.717) is 11.3 Å². The third-order valence-electron chi connectivity index (χ3n) is 3.79. The van der Waals surface area contributed by atoms with Crippen LogP contribution < -0.4 is 5.32 Å². The van der Waals surface area contributed by atoms with E-state index in [1.807, 2.05) is 18.2 Å². The van der Waals surface area contributed by atoms with Gasteiger partial charge in [-0.3, -0.25) is 4.79 Å². The number of benzene rings is 2. The van der Waals surface area contributed by atoms with Crippen LogP contribution in [-0.4, -0.2) is 5.91 Å². The summed E-state index contributed by atoms with van der Waals surface area (Å²) in [5.74, 6) is -0.700. The molecule has 1 amide bonds. The largest absolute Gasteiger partial charge is 0.322 e. The summed E-state index contributed by atoms with van der Waals surface area (Å²) in [6.45, 7) is 0. The highest BCUT2D eigenvalue weighted by molar-refractivity contribution is 6.31. The number of halogens is 2. The zero-order valence-electron chi connectivity index (χ0n) is 11.5. The van der Waals surface area contributed by atoms with Gasteiger partial charge in [-0.15, -0.1) is 0 Å². The van der Waals surface area contributed by atoms with Crippen molar-refractivity contribution < 1.29 is 9.18 Å². The van der Waals surface area contributed by atoms with Gasteiger partial charge in [0.2, 0.25) is 0 Å². The lowest BCUT2D eigenvalue weighted by molar-refractivity contribution is 0.102. The number of fused-ring (bicyclic) bond motifs is 1. The molecule has 108 valence electrons. The highest BCUT2D eigenvalue weighted by atomic mass is 35.5. The molecule has 4 heteroatoms. The van der Waals surface area contributed by atoms with E-state index in [9.17, 15) is 9.18 Å². The van der Waals surface area contributed by atoms with E-state index in [-0.39, 0.29) is 10.9 Å². The molecule has 1 N–H and O–H groups in total. The van der Waals surface area contributed by atoms with E-state index >= 15 is 0 Å². The molecule has 0 unspecified atom stereocenters. The number of hydrogen-bond acceptors (Lipinski definition) is 1. The molecule has 3 rings (SSSR count). The molecule has 0 spiro atoms. The lowest BCUT2D eigenvalue weighted by atomic mass is 9.90. The van der Waals surface area contributed by atoms with Crippen molar-refractivity contribution in [1.29, 1.82) is 0 Å². The first-order valence-electron chi connectivity index (χ1n) is 7.02. The van der Waals surface area contributed by atoms with Gasteiger partial charge in [-0.05, 0) is 67.1 Å². The number of carbonyl (C=O) groups is 1. The number of hydrogen-bond donors (Lipinski definition) is 1. The van der Waals surface area contributed by atoms with E-state index in [1.165, 1.54) is 42.2 Å². The Morgan fingerprint density at radius 2 is 1.81 bits per heavy atom. The van der Waals surface area contributed by atoms with Gasteiger partial charge < -0.3 is 5.32 Å². The van der Waals surface area contributed by atoms with Gasteiger partial charge in [-0.2, -0.15) is 0 Å². The average molecular weight is 304 g/mol. The number of anilines is 1. The molecule has 0 atom stereocenters. The van der Waals surface area contributed by atoms with E-state index in [2.05, 4.69) is 5.32 Å². The van der Waals surface area contributed by atoms with Gasteiger partial charge in [0.1, 0.15) is 5.82 Å². The van der Waals surface area contributed by atoms with E-state index < -0.39 is 5.82 Å². The third kappa shape index (κ3) is 3.08. The quantitative estimate of drug-likeness (QED) is 0.862. The minimum absolute atomic E-state index is 0.00163. The van der Waals surface area contributed by atoms with Crippen LogP contribution in [0.3, 0.4) is 0 Å². The van der Waals surface area contributed by atoms with Crippen molar-refractivity contribution in [3.63, 3.8) is 0 Å². The second kappa shape index (κ2) is 5.86. The molecule has 0 aliphatic heterocycles. The summed E-state index contributed by atoms with van der Waals surface area (Å²) < 4.78 is 13.1. The maximum atomic E-state index is 13.1. The first kappa shape index (κ1) is 14.1. The van der Waals surface area contributed by atoms with Crippen molar-refractivity contribution in [2.24, 2.45) is 0 Å². The summed E-state index contributed by atoms with van der Waals surface area (Å²) in [6.07, 6.45) is 4.50. The minimum Gasteiger partial charge on any atom is -0.322 e. The Morgan fingerprint density at radius 1 is 1.05 bits per heavy atom. The average Bonchev–Trinajstić information content (AvgIpc) is 2.50. The van der Waals surface area contributed by atoms with Gasteiger partial charge in [-0.1, -0.05) is 17.7 Å². The predicted octanol–water partition coefficient (Wildman–Crippen LogP) is 4.61. The van der Waals surface area contributed by atoms with Gasteiger partial charge in [0.05, 0.1) is 5.02 Å². The lowest BCUT2D eigenvalue weighted by Crippen LogP contribution is -2.13. The second-order valence-electron chi connectivity index (χ2n) is 5.27. The van der Waals surface area contributed by atoms with Crippen LogP contribution in [0.4, 0.5) is 10.1 Å². The number of nitrogens with one attached hydrogen (secondary N) is 1. The van der Waals surface area contributed by atoms with Crippen LogP contribution in [0.15, 0.2) is 36.4 Å². The fourth-order valence-electron chi connectivity index (χ4n) is 2.65. The minimum atomic E-state index is -0.497. The second-order valence-corrected chi connectivity index (χ2v) is 5.68. The zero-order valence-corrected chi connectivity index (χ0v) is 12.2. The SMILES string of the molecule is O=C(Nc1ccc(F)c(Cl)c1)c1ccc2c(c1)CCCC2. The fraction of sp³-hybridized carbons (Fsp3) is 0.235. The Balaban J connectivity index is 1.80. The molecule has 2 nitrogen and oxygen atoms in total. The molecule has 0 saturated heterocycles. The number of rotatable bonds is 2. The van der Waals surface area contributed by atoms with Crippen molar-refractivity contribution in [1.82, 2.24) is 0 Å². The standard InChI is InChI=1S/C17H15ClFNO/c18-15-10-14(7-8-16(15)19)20-17(21)13-6-5-11-3-1-2-4-12(11)9-13/h5-10H,1-4H2,(H,20,21).